The van der Waals surface area contributed by atoms with Crippen LogP contribution >= 0.6 is 0 Å². The first-order chi connectivity index (χ1) is 14.0. The second-order valence-electron chi connectivity index (χ2n) is 10.7. The van der Waals surface area contributed by atoms with Gasteiger partial charge in [0, 0.05) is 10.1 Å². The largest absolute Gasteiger partial charge is 0.497 e. The fraction of sp³-hybridized carbons (Fsp3) is 0.385. The Labute approximate surface area is 183 Å². The standard InChI is InChI=1S/C26H34O2Si2/c1-27-21-11-9-19-13-15-25(23(19)17-21,29(3,4)5)26(30(6,7)8)16-14-20-10-12-22(28-2)18-24(20)26/h9-18H,1-8H3. The van der Waals surface area contributed by atoms with Crippen LogP contribution in [0.4, 0.5) is 0 Å². The lowest BCUT2D eigenvalue weighted by Crippen LogP contribution is -2.68. The van der Waals surface area contributed by atoms with Crippen molar-refractivity contribution in [1.82, 2.24) is 0 Å². The lowest BCUT2D eigenvalue weighted by Gasteiger charge is -2.58. The molecule has 2 nitrogen and oxygen atoms in total. The van der Waals surface area contributed by atoms with Gasteiger partial charge in [0.15, 0.2) is 0 Å². The molecule has 0 bridgehead atoms. The summed E-state index contributed by atoms with van der Waals surface area (Å²) in [6, 6.07) is 13.3. The predicted molar refractivity (Wildman–Crippen MR) is 134 cm³/mol. The summed E-state index contributed by atoms with van der Waals surface area (Å²) >= 11 is 0. The Hall–Kier alpha value is -2.05. The highest BCUT2D eigenvalue weighted by atomic mass is 28.3. The number of hydrogen-bond acceptors (Lipinski definition) is 2. The Morgan fingerprint density at radius 2 is 0.967 bits per heavy atom. The van der Waals surface area contributed by atoms with Crippen LogP contribution in [0.3, 0.4) is 0 Å². The van der Waals surface area contributed by atoms with E-state index < -0.39 is 16.1 Å². The number of hydrogen-bond donors (Lipinski definition) is 0. The fourth-order valence-corrected chi connectivity index (χ4v) is 14.4. The first kappa shape index (κ1) is 21.2. The van der Waals surface area contributed by atoms with E-state index in [1.807, 2.05) is 0 Å². The first-order valence-corrected chi connectivity index (χ1v) is 17.8. The molecule has 0 fully saturated rings. The lowest BCUT2D eigenvalue weighted by molar-refractivity contribution is 0.411. The number of methoxy groups -OCH3 is 2. The highest BCUT2D eigenvalue weighted by molar-refractivity contribution is 6.87. The second-order valence-corrected chi connectivity index (χ2v) is 21.3. The van der Waals surface area contributed by atoms with Gasteiger partial charge >= 0.3 is 0 Å². The van der Waals surface area contributed by atoms with Crippen LogP contribution in [0.15, 0.2) is 48.6 Å². The zero-order valence-electron chi connectivity index (χ0n) is 19.6. The average Bonchev–Trinajstić information content (AvgIpc) is 3.26. The summed E-state index contributed by atoms with van der Waals surface area (Å²) in [5.74, 6) is 1.89. The van der Waals surface area contributed by atoms with Crippen LogP contribution < -0.4 is 9.47 Å². The molecule has 0 aliphatic heterocycles. The maximum absolute atomic E-state index is 5.69. The monoisotopic (exact) mass is 434 g/mol. The molecule has 0 spiro atoms. The summed E-state index contributed by atoms with van der Waals surface area (Å²) < 4.78 is 11.4. The smallest absolute Gasteiger partial charge is 0.119 e. The van der Waals surface area contributed by atoms with Crippen LogP contribution in [0.5, 0.6) is 11.5 Å². The highest BCUT2D eigenvalue weighted by Gasteiger charge is 2.65. The zero-order valence-corrected chi connectivity index (χ0v) is 21.6. The van der Waals surface area contributed by atoms with Gasteiger partial charge in [-0.3, -0.25) is 0 Å². The minimum atomic E-state index is -1.80. The van der Waals surface area contributed by atoms with Crippen molar-refractivity contribution in [2.45, 2.75) is 49.4 Å². The zero-order chi connectivity index (χ0) is 21.9. The van der Waals surface area contributed by atoms with E-state index in [0.717, 1.165) is 11.5 Å². The lowest BCUT2D eigenvalue weighted by atomic mass is 9.81. The van der Waals surface area contributed by atoms with Gasteiger partial charge < -0.3 is 9.47 Å². The quantitative estimate of drug-likeness (QED) is 0.488. The van der Waals surface area contributed by atoms with Gasteiger partial charge in [0.05, 0.1) is 30.4 Å². The van der Waals surface area contributed by atoms with E-state index in [4.69, 9.17) is 9.47 Å². The Balaban J connectivity index is 2.14. The Morgan fingerprint density at radius 1 is 0.600 bits per heavy atom. The summed E-state index contributed by atoms with van der Waals surface area (Å²) in [5.41, 5.74) is 5.54. The van der Waals surface area contributed by atoms with Crippen molar-refractivity contribution in [2.75, 3.05) is 14.2 Å². The molecule has 0 aromatic heterocycles. The number of fused-ring (bicyclic) bond motifs is 2. The van der Waals surface area contributed by atoms with Crippen molar-refractivity contribution < 1.29 is 9.47 Å². The molecule has 4 rings (SSSR count). The van der Waals surface area contributed by atoms with Gasteiger partial charge in [-0.2, -0.15) is 0 Å². The molecule has 2 aromatic rings. The molecule has 0 radical (unpaired) electrons. The molecular formula is C26H34O2Si2. The normalized spacial score (nSPS) is 24.7. The fourth-order valence-electron chi connectivity index (χ4n) is 6.09. The summed E-state index contributed by atoms with van der Waals surface area (Å²) in [6.45, 7) is 15.2. The van der Waals surface area contributed by atoms with Gasteiger partial charge in [-0.05, 0) is 46.5 Å². The Kier molecular flexibility index (Phi) is 4.75. The van der Waals surface area contributed by atoms with Gasteiger partial charge in [-0.1, -0.05) is 75.7 Å². The SMILES string of the molecule is COc1ccc2c(c1)C(C1([Si](C)(C)C)C=Cc3ccc(OC)cc31)([Si](C)(C)C)C=C2. The van der Waals surface area contributed by atoms with Crippen molar-refractivity contribution >= 4 is 28.3 Å². The summed E-state index contributed by atoms with van der Waals surface area (Å²) in [6.07, 6.45) is 9.84. The molecule has 2 aliphatic rings. The molecule has 0 saturated heterocycles. The van der Waals surface area contributed by atoms with E-state index in [0.29, 0.717) is 0 Å². The van der Waals surface area contributed by atoms with Gasteiger partial charge in [0.2, 0.25) is 0 Å². The number of ether oxygens (including phenoxy) is 2. The summed E-state index contributed by atoms with van der Waals surface area (Å²) in [4.78, 5) is 0. The van der Waals surface area contributed by atoms with Crippen molar-refractivity contribution in [2.24, 2.45) is 0 Å². The molecule has 2 unspecified atom stereocenters. The first-order valence-electron chi connectivity index (χ1n) is 10.8. The van der Waals surface area contributed by atoms with E-state index in [1.165, 1.54) is 22.3 Å². The van der Waals surface area contributed by atoms with Crippen LogP contribution in [-0.2, 0) is 10.1 Å². The van der Waals surface area contributed by atoms with Crippen molar-refractivity contribution in [3.05, 3.63) is 70.8 Å². The van der Waals surface area contributed by atoms with Gasteiger partial charge in [-0.25, -0.2) is 0 Å². The molecule has 4 heteroatoms. The molecule has 158 valence electrons. The molecule has 2 aliphatic carbocycles. The van der Waals surface area contributed by atoms with Gasteiger partial charge in [-0.15, -0.1) is 0 Å². The van der Waals surface area contributed by atoms with Crippen molar-refractivity contribution in [1.29, 1.82) is 0 Å². The predicted octanol–water partition coefficient (Wildman–Crippen LogP) is 6.69. The second kappa shape index (κ2) is 6.73. The van der Waals surface area contributed by atoms with Crippen LogP contribution in [0.1, 0.15) is 22.3 Å². The molecule has 0 heterocycles. The third-order valence-electron chi connectivity index (χ3n) is 7.38. The molecule has 0 saturated carbocycles. The molecule has 2 atom stereocenters. The van der Waals surface area contributed by atoms with Crippen molar-refractivity contribution in [3.8, 4) is 11.5 Å². The van der Waals surface area contributed by atoms with Crippen LogP contribution in [-0.4, -0.2) is 30.4 Å². The van der Waals surface area contributed by atoms with E-state index in [2.05, 4.69) is 100.0 Å². The topological polar surface area (TPSA) is 18.5 Å². The third kappa shape index (κ3) is 2.59. The van der Waals surface area contributed by atoms with E-state index in [9.17, 15) is 0 Å². The van der Waals surface area contributed by atoms with Gasteiger partial charge in [0.1, 0.15) is 11.5 Å². The molecular weight excluding hydrogens is 400 g/mol. The molecule has 0 N–H and O–H groups in total. The average molecular weight is 435 g/mol. The van der Waals surface area contributed by atoms with Crippen LogP contribution in [0, 0.1) is 0 Å². The van der Waals surface area contributed by atoms with E-state index in [1.54, 1.807) is 14.2 Å². The van der Waals surface area contributed by atoms with Crippen LogP contribution in [0.2, 0.25) is 39.3 Å². The minimum Gasteiger partial charge on any atom is -0.497 e. The summed E-state index contributed by atoms with van der Waals surface area (Å²) in [7, 11) is -0.0724. The number of allylic oxidation sites excluding steroid dienone is 2. The maximum Gasteiger partial charge on any atom is 0.119 e. The number of rotatable bonds is 5. The molecule has 30 heavy (non-hydrogen) atoms. The molecule has 2 aromatic carbocycles. The highest BCUT2D eigenvalue weighted by Crippen LogP contribution is 2.62. The van der Waals surface area contributed by atoms with Crippen molar-refractivity contribution in [3.63, 3.8) is 0 Å². The maximum atomic E-state index is 5.69. The minimum absolute atomic E-state index is 0.0531. The van der Waals surface area contributed by atoms with E-state index in [-0.39, 0.29) is 10.1 Å². The van der Waals surface area contributed by atoms with Crippen LogP contribution in [0.25, 0.3) is 12.2 Å². The Bertz CT molecular complexity index is 970. The van der Waals surface area contributed by atoms with Gasteiger partial charge in [0.25, 0.3) is 0 Å². The summed E-state index contributed by atoms with van der Waals surface area (Å²) in [5, 5.41) is -0.106. The Morgan fingerprint density at radius 3 is 1.27 bits per heavy atom. The van der Waals surface area contributed by atoms with E-state index >= 15 is 0 Å². The molecule has 0 amide bonds. The number of benzene rings is 2. The third-order valence-corrected chi connectivity index (χ3v) is 14.0.